The van der Waals surface area contributed by atoms with E-state index in [1.807, 2.05) is 11.4 Å². The van der Waals surface area contributed by atoms with E-state index < -0.39 is 0 Å². The number of benzene rings is 1. The maximum absolute atomic E-state index is 4.83. The topological polar surface area (TPSA) is 49.6 Å². The molecule has 0 saturated carbocycles. The van der Waals surface area contributed by atoms with Crippen molar-refractivity contribution in [1.29, 1.82) is 0 Å². The van der Waals surface area contributed by atoms with Gasteiger partial charge < -0.3 is 9.80 Å². The van der Waals surface area contributed by atoms with Gasteiger partial charge in [-0.25, -0.2) is 9.97 Å². The molecule has 1 aliphatic rings. The highest BCUT2D eigenvalue weighted by Gasteiger charge is 2.22. The van der Waals surface area contributed by atoms with Crippen LogP contribution in [0.1, 0.15) is 22.5 Å². The van der Waals surface area contributed by atoms with Crippen molar-refractivity contribution in [3.8, 4) is 0 Å². The monoisotopic (exact) mass is 386 g/mol. The van der Waals surface area contributed by atoms with E-state index in [2.05, 4.69) is 72.0 Å². The van der Waals surface area contributed by atoms with Gasteiger partial charge in [-0.15, -0.1) is 5.10 Å². The van der Waals surface area contributed by atoms with E-state index in [4.69, 9.17) is 10.1 Å². The zero-order chi connectivity index (χ0) is 20.1. The summed E-state index contributed by atoms with van der Waals surface area (Å²) in [7, 11) is 0. The molecular formula is C23H26N6. The zero-order valence-electron chi connectivity index (χ0n) is 17.5. The number of pyridine rings is 1. The summed E-state index contributed by atoms with van der Waals surface area (Å²) in [6.07, 6.45) is 0. The molecule has 4 heterocycles. The summed E-state index contributed by atoms with van der Waals surface area (Å²) in [5.74, 6) is 1.10. The number of piperazine rings is 1. The van der Waals surface area contributed by atoms with Crippen LogP contribution in [0.3, 0.4) is 0 Å². The molecule has 0 unspecified atom stereocenters. The van der Waals surface area contributed by atoms with Gasteiger partial charge in [0.1, 0.15) is 5.82 Å². The quantitative estimate of drug-likeness (QED) is 0.524. The average Bonchev–Trinajstić information content (AvgIpc) is 3.06. The predicted octanol–water partition coefficient (Wildman–Crippen LogP) is 3.84. The minimum absolute atomic E-state index is 0.778. The fraction of sp³-hybridized carbons (Fsp3) is 0.348. The lowest BCUT2D eigenvalue weighted by Gasteiger charge is -2.37. The van der Waals surface area contributed by atoms with Gasteiger partial charge in [0, 0.05) is 49.3 Å². The fourth-order valence-electron chi connectivity index (χ4n) is 4.30. The highest BCUT2D eigenvalue weighted by Crippen LogP contribution is 2.27. The van der Waals surface area contributed by atoms with Crippen LogP contribution in [0.2, 0.25) is 0 Å². The summed E-state index contributed by atoms with van der Waals surface area (Å²) in [4.78, 5) is 14.3. The number of aryl methyl sites for hydroxylation is 4. The van der Waals surface area contributed by atoms with Crippen molar-refractivity contribution in [2.45, 2.75) is 27.7 Å². The summed E-state index contributed by atoms with van der Waals surface area (Å²) in [6, 6.07) is 13.1. The molecule has 5 rings (SSSR count). The smallest absolute Gasteiger partial charge is 0.184 e. The average molecular weight is 387 g/mol. The molecule has 148 valence electrons. The molecule has 6 heteroatoms. The Morgan fingerprint density at radius 2 is 1.41 bits per heavy atom. The highest BCUT2D eigenvalue weighted by atomic mass is 15.4. The van der Waals surface area contributed by atoms with Gasteiger partial charge in [-0.2, -0.15) is 4.52 Å². The van der Waals surface area contributed by atoms with Crippen LogP contribution in [0.15, 0.2) is 36.4 Å². The van der Waals surface area contributed by atoms with Crippen LogP contribution < -0.4 is 9.80 Å². The Hall–Kier alpha value is -3.15. The van der Waals surface area contributed by atoms with Gasteiger partial charge in [0.25, 0.3) is 0 Å². The van der Waals surface area contributed by atoms with Gasteiger partial charge >= 0.3 is 0 Å². The standard InChI is InChI=1S/C23H26N6/c1-15-5-7-19(8-6-15)27-9-11-28(12-10-27)20-14-18(4)25-23-21-16(2)13-17(3)24-22(21)26-29(20)23/h5-8,13-14H,9-12H2,1-4H3. The number of hydrogen-bond acceptors (Lipinski definition) is 5. The van der Waals surface area contributed by atoms with E-state index in [0.717, 1.165) is 60.1 Å². The van der Waals surface area contributed by atoms with E-state index in [1.54, 1.807) is 0 Å². The third kappa shape index (κ3) is 3.09. The van der Waals surface area contributed by atoms with E-state index in [9.17, 15) is 0 Å². The second-order valence-electron chi connectivity index (χ2n) is 8.08. The van der Waals surface area contributed by atoms with Crippen LogP contribution in [-0.2, 0) is 0 Å². The lowest BCUT2D eigenvalue weighted by Crippen LogP contribution is -2.47. The molecule has 0 N–H and O–H groups in total. The molecule has 1 saturated heterocycles. The largest absolute Gasteiger partial charge is 0.368 e. The van der Waals surface area contributed by atoms with Crippen LogP contribution >= 0.6 is 0 Å². The Morgan fingerprint density at radius 1 is 0.759 bits per heavy atom. The van der Waals surface area contributed by atoms with Crippen molar-refractivity contribution in [3.05, 3.63) is 58.9 Å². The maximum atomic E-state index is 4.83. The first-order chi connectivity index (χ1) is 14.0. The third-order valence-electron chi connectivity index (χ3n) is 5.78. The molecule has 4 aromatic rings. The third-order valence-corrected chi connectivity index (χ3v) is 5.78. The molecule has 1 aromatic carbocycles. The van der Waals surface area contributed by atoms with Crippen molar-refractivity contribution in [2.75, 3.05) is 36.0 Å². The molecular weight excluding hydrogens is 360 g/mol. The number of fused-ring (bicyclic) bond motifs is 3. The molecule has 1 aliphatic heterocycles. The number of hydrogen-bond donors (Lipinski definition) is 0. The van der Waals surface area contributed by atoms with E-state index in [0.29, 0.717) is 0 Å². The van der Waals surface area contributed by atoms with Gasteiger partial charge in [0.2, 0.25) is 0 Å². The van der Waals surface area contributed by atoms with Crippen molar-refractivity contribution < 1.29 is 0 Å². The van der Waals surface area contributed by atoms with Crippen molar-refractivity contribution in [3.63, 3.8) is 0 Å². The first-order valence-electron chi connectivity index (χ1n) is 10.2. The lowest BCUT2D eigenvalue weighted by molar-refractivity contribution is 0.639. The molecule has 0 aliphatic carbocycles. The Bertz CT molecular complexity index is 1200. The molecule has 0 amide bonds. The summed E-state index contributed by atoms with van der Waals surface area (Å²) in [5, 5.41) is 5.88. The minimum Gasteiger partial charge on any atom is -0.368 e. The number of nitrogens with zero attached hydrogens (tertiary/aromatic N) is 6. The van der Waals surface area contributed by atoms with E-state index in [1.165, 1.54) is 16.8 Å². The van der Waals surface area contributed by atoms with Crippen LogP contribution in [0.5, 0.6) is 0 Å². The molecule has 0 bridgehead atoms. The zero-order valence-corrected chi connectivity index (χ0v) is 17.5. The molecule has 0 atom stereocenters. The minimum atomic E-state index is 0.778. The number of rotatable bonds is 2. The Labute approximate surface area is 170 Å². The van der Waals surface area contributed by atoms with Gasteiger partial charge in [-0.05, 0) is 51.5 Å². The second-order valence-corrected chi connectivity index (χ2v) is 8.08. The second kappa shape index (κ2) is 6.72. The van der Waals surface area contributed by atoms with E-state index in [-0.39, 0.29) is 0 Å². The Kier molecular flexibility index (Phi) is 4.15. The summed E-state index contributed by atoms with van der Waals surface area (Å²) in [5.41, 5.74) is 7.45. The van der Waals surface area contributed by atoms with Crippen LogP contribution in [-0.4, -0.2) is 45.8 Å². The van der Waals surface area contributed by atoms with Crippen molar-refractivity contribution >= 4 is 28.2 Å². The van der Waals surface area contributed by atoms with Crippen LogP contribution in [0, 0.1) is 27.7 Å². The van der Waals surface area contributed by atoms with Gasteiger partial charge in [-0.3, -0.25) is 0 Å². The van der Waals surface area contributed by atoms with Crippen LogP contribution in [0.25, 0.3) is 16.7 Å². The summed E-state index contributed by atoms with van der Waals surface area (Å²) < 4.78 is 1.98. The normalized spacial score (nSPS) is 14.9. The predicted molar refractivity (Wildman–Crippen MR) is 118 cm³/mol. The van der Waals surface area contributed by atoms with Crippen LogP contribution in [0.4, 0.5) is 11.5 Å². The maximum Gasteiger partial charge on any atom is 0.184 e. The lowest BCUT2D eigenvalue weighted by atomic mass is 10.2. The first kappa shape index (κ1) is 17.9. The molecule has 0 spiro atoms. The molecule has 3 aromatic heterocycles. The Balaban J connectivity index is 1.51. The van der Waals surface area contributed by atoms with E-state index >= 15 is 0 Å². The Morgan fingerprint density at radius 3 is 2.14 bits per heavy atom. The molecule has 0 radical (unpaired) electrons. The number of aromatic nitrogens is 4. The summed E-state index contributed by atoms with van der Waals surface area (Å²) in [6.45, 7) is 12.2. The van der Waals surface area contributed by atoms with Gasteiger partial charge in [0.15, 0.2) is 11.3 Å². The van der Waals surface area contributed by atoms with Gasteiger partial charge in [0.05, 0.1) is 5.39 Å². The molecule has 29 heavy (non-hydrogen) atoms. The fourth-order valence-corrected chi connectivity index (χ4v) is 4.30. The van der Waals surface area contributed by atoms with Crippen molar-refractivity contribution in [2.24, 2.45) is 0 Å². The van der Waals surface area contributed by atoms with Gasteiger partial charge in [-0.1, -0.05) is 17.7 Å². The molecule has 6 nitrogen and oxygen atoms in total. The van der Waals surface area contributed by atoms with Crippen molar-refractivity contribution in [1.82, 2.24) is 19.6 Å². The highest BCUT2D eigenvalue weighted by molar-refractivity contribution is 5.93. The first-order valence-corrected chi connectivity index (χ1v) is 10.2. The summed E-state index contributed by atoms with van der Waals surface area (Å²) >= 11 is 0. The number of anilines is 2. The SMILES string of the molecule is Cc1ccc(N2CCN(c3cc(C)nc4c5c(C)cc(C)nc5nn34)CC2)cc1. The molecule has 1 fully saturated rings.